The third kappa shape index (κ3) is 3.50. The first-order chi connectivity index (χ1) is 10.7. The zero-order chi connectivity index (χ0) is 15.4. The molecule has 1 aromatic carbocycles. The maximum absolute atomic E-state index is 12.0. The van der Waals surface area contributed by atoms with E-state index in [1.807, 2.05) is 31.4 Å². The summed E-state index contributed by atoms with van der Waals surface area (Å²) in [6.45, 7) is 2.28. The van der Waals surface area contributed by atoms with Gasteiger partial charge in [0.25, 0.3) is 0 Å². The van der Waals surface area contributed by atoms with Gasteiger partial charge in [0.2, 0.25) is 5.91 Å². The second kappa shape index (κ2) is 6.69. The number of carbonyl (C=O) groups is 1. The molecule has 4 heteroatoms. The Morgan fingerprint density at radius 1 is 1.14 bits per heavy atom. The van der Waals surface area contributed by atoms with E-state index in [1.165, 1.54) is 24.2 Å². The normalized spacial score (nSPS) is 14.3. The molecular weight excluding hydrogens is 274 g/mol. The van der Waals surface area contributed by atoms with Gasteiger partial charge >= 0.3 is 0 Å². The minimum absolute atomic E-state index is 0.0649. The van der Waals surface area contributed by atoms with Crippen LogP contribution in [0.15, 0.2) is 42.6 Å². The molecule has 1 saturated heterocycles. The molecule has 1 fully saturated rings. The Morgan fingerprint density at radius 3 is 2.50 bits per heavy atom. The number of carbonyl (C=O) groups excluding carboxylic acids is 1. The molecule has 0 aliphatic carbocycles. The lowest BCUT2D eigenvalue weighted by Crippen LogP contribution is -2.17. The second-order valence-corrected chi connectivity index (χ2v) is 5.90. The highest BCUT2D eigenvalue weighted by Crippen LogP contribution is 2.22. The van der Waals surface area contributed by atoms with Gasteiger partial charge in [0.15, 0.2) is 0 Å². The highest BCUT2D eigenvalue weighted by molar-refractivity contribution is 5.91. The van der Waals surface area contributed by atoms with Crippen LogP contribution in [-0.2, 0) is 18.3 Å². The highest BCUT2D eigenvalue weighted by atomic mass is 16.1. The summed E-state index contributed by atoms with van der Waals surface area (Å²) in [5, 5.41) is 2.97. The number of amides is 1. The standard InChI is InChI=1S/C18H23N3O/c1-20-12-4-5-16(20)10-11-18(22)19-15-6-8-17(9-7-15)21-13-2-3-14-21/h4-9,12H,2-3,10-11,13-14H2,1H3,(H,19,22). The molecule has 1 aliphatic rings. The molecule has 0 bridgehead atoms. The average molecular weight is 297 g/mol. The number of aryl methyl sites for hydroxylation is 2. The first kappa shape index (κ1) is 14.7. The summed E-state index contributed by atoms with van der Waals surface area (Å²) in [5.74, 6) is 0.0649. The van der Waals surface area contributed by atoms with Crippen LogP contribution >= 0.6 is 0 Å². The Kier molecular flexibility index (Phi) is 4.47. The van der Waals surface area contributed by atoms with E-state index >= 15 is 0 Å². The van der Waals surface area contributed by atoms with Crippen LogP contribution in [0, 0.1) is 0 Å². The maximum Gasteiger partial charge on any atom is 0.224 e. The SMILES string of the molecule is Cn1cccc1CCC(=O)Nc1ccc(N2CCCC2)cc1. The summed E-state index contributed by atoms with van der Waals surface area (Å²) in [6, 6.07) is 12.2. The molecule has 0 spiro atoms. The van der Waals surface area contributed by atoms with E-state index in [0.717, 1.165) is 25.2 Å². The zero-order valence-corrected chi connectivity index (χ0v) is 13.1. The number of nitrogens with one attached hydrogen (secondary N) is 1. The monoisotopic (exact) mass is 297 g/mol. The van der Waals surface area contributed by atoms with Gasteiger partial charge in [-0.2, -0.15) is 0 Å². The van der Waals surface area contributed by atoms with Crippen molar-refractivity contribution >= 4 is 17.3 Å². The summed E-state index contributed by atoms with van der Waals surface area (Å²) in [5.41, 5.74) is 3.30. The van der Waals surface area contributed by atoms with Gasteiger partial charge in [0.1, 0.15) is 0 Å². The summed E-state index contributed by atoms with van der Waals surface area (Å²) >= 11 is 0. The first-order valence-electron chi connectivity index (χ1n) is 7.97. The lowest BCUT2D eigenvalue weighted by molar-refractivity contribution is -0.116. The van der Waals surface area contributed by atoms with E-state index in [2.05, 4.69) is 33.0 Å². The summed E-state index contributed by atoms with van der Waals surface area (Å²) in [7, 11) is 2.00. The van der Waals surface area contributed by atoms with Gasteiger partial charge in [-0.3, -0.25) is 4.79 Å². The van der Waals surface area contributed by atoms with Crippen molar-refractivity contribution in [2.75, 3.05) is 23.3 Å². The van der Waals surface area contributed by atoms with Crippen LogP contribution in [0.5, 0.6) is 0 Å². The molecule has 2 heterocycles. The molecule has 0 atom stereocenters. The van der Waals surface area contributed by atoms with Gasteiger partial charge in [-0.15, -0.1) is 0 Å². The average Bonchev–Trinajstić information content (AvgIpc) is 3.18. The maximum atomic E-state index is 12.0. The Hall–Kier alpha value is -2.23. The first-order valence-corrected chi connectivity index (χ1v) is 7.97. The Morgan fingerprint density at radius 2 is 1.86 bits per heavy atom. The Balaban J connectivity index is 1.51. The number of benzene rings is 1. The number of hydrogen-bond acceptors (Lipinski definition) is 2. The van der Waals surface area contributed by atoms with Crippen LogP contribution < -0.4 is 10.2 Å². The number of anilines is 2. The van der Waals surface area contributed by atoms with Crippen molar-refractivity contribution in [3.63, 3.8) is 0 Å². The summed E-state index contributed by atoms with van der Waals surface area (Å²) < 4.78 is 2.05. The zero-order valence-electron chi connectivity index (χ0n) is 13.1. The number of hydrogen-bond donors (Lipinski definition) is 1. The van der Waals surface area contributed by atoms with E-state index in [0.29, 0.717) is 6.42 Å². The van der Waals surface area contributed by atoms with Crippen molar-refractivity contribution in [1.29, 1.82) is 0 Å². The molecule has 1 amide bonds. The minimum Gasteiger partial charge on any atom is -0.372 e. The van der Waals surface area contributed by atoms with Crippen LogP contribution in [0.2, 0.25) is 0 Å². The molecule has 0 radical (unpaired) electrons. The van der Waals surface area contributed by atoms with Crippen LogP contribution in [-0.4, -0.2) is 23.6 Å². The predicted molar refractivity (Wildman–Crippen MR) is 90.3 cm³/mol. The lowest BCUT2D eigenvalue weighted by Gasteiger charge is -2.17. The quantitative estimate of drug-likeness (QED) is 0.920. The largest absolute Gasteiger partial charge is 0.372 e. The van der Waals surface area contributed by atoms with Crippen LogP contribution in [0.1, 0.15) is 25.0 Å². The molecule has 1 N–H and O–H groups in total. The molecule has 1 aromatic heterocycles. The van der Waals surface area contributed by atoms with Gasteiger partial charge in [-0.25, -0.2) is 0 Å². The molecule has 116 valence electrons. The molecule has 0 unspecified atom stereocenters. The van der Waals surface area contributed by atoms with Gasteiger partial charge in [0, 0.05) is 49.8 Å². The van der Waals surface area contributed by atoms with E-state index < -0.39 is 0 Å². The molecular formula is C18H23N3O. The third-order valence-corrected chi connectivity index (χ3v) is 4.28. The van der Waals surface area contributed by atoms with E-state index in [4.69, 9.17) is 0 Å². The molecule has 2 aromatic rings. The third-order valence-electron chi connectivity index (χ3n) is 4.28. The number of rotatable bonds is 5. The number of aromatic nitrogens is 1. The summed E-state index contributed by atoms with van der Waals surface area (Å²) in [6.07, 6.45) is 5.83. The van der Waals surface area contributed by atoms with E-state index in [1.54, 1.807) is 0 Å². The fraction of sp³-hybridized carbons (Fsp3) is 0.389. The molecule has 0 saturated carbocycles. The van der Waals surface area contributed by atoms with Crippen molar-refractivity contribution in [3.05, 3.63) is 48.3 Å². The lowest BCUT2D eigenvalue weighted by atomic mass is 10.2. The molecule has 4 nitrogen and oxygen atoms in total. The fourth-order valence-electron chi connectivity index (χ4n) is 2.95. The van der Waals surface area contributed by atoms with Gasteiger partial charge in [-0.1, -0.05) is 0 Å². The van der Waals surface area contributed by atoms with Crippen molar-refractivity contribution in [3.8, 4) is 0 Å². The van der Waals surface area contributed by atoms with Crippen molar-refractivity contribution in [1.82, 2.24) is 4.57 Å². The fourth-order valence-corrected chi connectivity index (χ4v) is 2.95. The molecule has 1 aliphatic heterocycles. The van der Waals surface area contributed by atoms with Crippen molar-refractivity contribution < 1.29 is 4.79 Å². The Labute approximate surface area is 131 Å². The van der Waals surface area contributed by atoms with Gasteiger partial charge in [-0.05, 0) is 55.7 Å². The van der Waals surface area contributed by atoms with Crippen molar-refractivity contribution in [2.24, 2.45) is 7.05 Å². The van der Waals surface area contributed by atoms with Crippen LogP contribution in [0.4, 0.5) is 11.4 Å². The molecule has 3 rings (SSSR count). The Bertz CT molecular complexity index is 624. The van der Waals surface area contributed by atoms with Crippen molar-refractivity contribution in [2.45, 2.75) is 25.7 Å². The molecule has 22 heavy (non-hydrogen) atoms. The van der Waals surface area contributed by atoms with Gasteiger partial charge < -0.3 is 14.8 Å². The topological polar surface area (TPSA) is 37.3 Å². The van der Waals surface area contributed by atoms with Crippen LogP contribution in [0.3, 0.4) is 0 Å². The predicted octanol–water partition coefficient (Wildman–Crippen LogP) is 3.20. The van der Waals surface area contributed by atoms with E-state index in [-0.39, 0.29) is 5.91 Å². The van der Waals surface area contributed by atoms with E-state index in [9.17, 15) is 4.79 Å². The van der Waals surface area contributed by atoms with Crippen LogP contribution in [0.25, 0.3) is 0 Å². The minimum atomic E-state index is 0.0649. The second-order valence-electron chi connectivity index (χ2n) is 5.90. The number of nitrogens with zero attached hydrogens (tertiary/aromatic N) is 2. The highest BCUT2D eigenvalue weighted by Gasteiger charge is 2.12. The van der Waals surface area contributed by atoms with Gasteiger partial charge in [0.05, 0.1) is 0 Å². The smallest absolute Gasteiger partial charge is 0.224 e. The summed E-state index contributed by atoms with van der Waals surface area (Å²) in [4.78, 5) is 14.4.